The van der Waals surface area contributed by atoms with Crippen molar-refractivity contribution < 1.29 is 9.18 Å². The monoisotopic (exact) mass is 248 g/mol. The third-order valence-electron chi connectivity index (χ3n) is 3.84. The van der Waals surface area contributed by atoms with E-state index in [1.54, 1.807) is 12.1 Å². The minimum Gasteiger partial charge on any atom is -0.340 e. The largest absolute Gasteiger partial charge is 0.340 e. The Bertz CT molecular complexity index is 457. The molecule has 2 atom stereocenters. The summed E-state index contributed by atoms with van der Waals surface area (Å²) in [7, 11) is 0. The predicted octanol–water partition coefficient (Wildman–Crippen LogP) is 1.36. The van der Waals surface area contributed by atoms with Crippen molar-refractivity contribution in [3.8, 4) is 0 Å². The average molecular weight is 248 g/mol. The van der Waals surface area contributed by atoms with Gasteiger partial charge in [0.1, 0.15) is 5.82 Å². The molecule has 1 aliphatic carbocycles. The molecule has 1 aliphatic heterocycles. The lowest BCUT2D eigenvalue weighted by molar-refractivity contribution is -0.133. The van der Waals surface area contributed by atoms with Gasteiger partial charge in [-0.05, 0) is 24.0 Å². The van der Waals surface area contributed by atoms with E-state index < -0.39 is 0 Å². The van der Waals surface area contributed by atoms with Gasteiger partial charge >= 0.3 is 0 Å². The molecule has 1 saturated carbocycles. The van der Waals surface area contributed by atoms with Crippen LogP contribution in [0, 0.1) is 11.7 Å². The summed E-state index contributed by atoms with van der Waals surface area (Å²) < 4.78 is 13.6. The van der Waals surface area contributed by atoms with E-state index in [1.165, 1.54) is 6.07 Å². The van der Waals surface area contributed by atoms with Crippen molar-refractivity contribution in [2.24, 2.45) is 5.92 Å². The molecule has 0 bridgehead atoms. The molecule has 1 amide bonds. The predicted molar refractivity (Wildman–Crippen MR) is 66.7 cm³/mol. The molecule has 4 heteroatoms. The topological polar surface area (TPSA) is 32.3 Å². The molecule has 1 N–H and O–H groups in total. The van der Waals surface area contributed by atoms with Gasteiger partial charge in [0.25, 0.3) is 0 Å². The van der Waals surface area contributed by atoms with Crippen molar-refractivity contribution >= 4 is 5.91 Å². The highest BCUT2D eigenvalue weighted by molar-refractivity contribution is 5.83. The first kappa shape index (κ1) is 11.7. The molecule has 96 valence electrons. The number of carbonyl (C=O) groups is 1. The normalized spacial score (nSPS) is 27.1. The van der Waals surface area contributed by atoms with Gasteiger partial charge in [-0.25, -0.2) is 4.39 Å². The fourth-order valence-electron chi connectivity index (χ4n) is 2.71. The fraction of sp³-hybridized carbons (Fsp3) is 0.500. The van der Waals surface area contributed by atoms with Crippen LogP contribution in [0.5, 0.6) is 0 Å². The highest BCUT2D eigenvalue weighted by atomic mass is 19.1. The van der Waals surface area contributed by atoms with Crippen LogP contribution in [0.3, 0.4) is 0 Å². The van der Waals surface area contributed by atoms with Crippen LogP contribution in [-0.4, -0.2) is 37.0 Å². The number of benzene rings is 1. The quantitative estimate of drug-likeness (QED) is 0.857. The molecule has 3 nitrogen and oxygen atoms in total. The van der Waals surface area contributed by atoms with Gasteiger partial charge in [0.05, 0.1) is 0 Å². The summed E-state index contributed by atoms with van der Waals surface area (Å²) in [4.78, 5) is 14.1. The minimum absolute atomic E-state index is 0.000000000000000222. The molecule has 0 spiro atoms. The first-order valence-electron chi connectivity index (χ1n) is 6.51. The van der Waals surface area contributed by atoms with Gasteiger partial charge in [-0.15, -0.1) is 0 Å². The van der Waals surface area contributed by atoms with Gasteiger partial charge in [-0.2, -0.15) is 0 Å². The number of nitrogens with one attached hydrogen (secondary N) is 1. The second-order valence-corrected chi connectivity index (χ2v) is 5.05. The number of amides is 1. The Morgan fingerprint density at radius 3 is 2.72 bits per heavy atom. The van der Waals surface area contributed by atoms with Gasteiger partial charge in [-0.3, -0.25) is 4.79 Å². The Morgan fingerprint density at radius 1 is 1.28 bits per heavy atom. The lowest BCUT2D eigenvalue weighted by atomic mass is 10.1. The second-order valence-electron chi connectivity index (χ2n) is 5.05. The molecule has 0 aromatic heterocycles. The fourth-order valence-corrected chi connectivity index (χ4v) is 2.71. The summed E-state index contributed by atoms with van der Waals surface area (Å²) in [6, 6.07) is 6.79. The zero-order valence-corrected chi connectivity index (χ0v) is 10.2. The SMILES string of the molecule is O=C([C@@H]1C[C@@H]1c1ccccc1F)N1CCNCC1. The molecule has 1 heterocycles. The number of carbonyl (C=O) groups excluding carboxylic acids is 1. The molecule has 2 aliphatic rings. The molecular formula is C14H17FN2O. The van der Waals surface area contributed by atoms with E-state index in [-0.39, 0.29) is 23.6 Å². The maximum atomic E-state index is 13.6. The van der Waals surface area contributed by atoms with Crippen LogP contribution in [0.1, 0.15) is 17.9 Å². The maximum absolute atomic E-state index is 13.6. The zero-order valence-electron chi connectivity index (χ0n) is 10.2. The lowest BCUT2D eigenvalue weighted by Gasteiger charge is -2.27. The van der Waals surface area contributed by atoms with Crippen LogP contribution >= 0.6 is 0 Å². The molecule has 1 saturated heterocycles. The van der Waals surface area contributed by atoms with Gasteiger partial charge in [0.2, 0.25) is 5.91 Å². The Balaban J connectivity index is 1.67. The Kier molecular flexibility index (Phi) is 3.04. The highest BCUT2D eigenvalue weighted by Gasteiger charge is 2.46. The number of nitrogens with zero attached hydrogens (tertiary/aromatic N) is 1. The molecule has 2 fully saturated rings. The van der Waals surface area contributed by atoms with Crippen LogP contribution < -0.4 is 5.32 Å². The summed E-state index contributed by atoms with van der Waals surface area (Å²) in [5.74, 6) is 0.108. The second kappa shape index (κ2) is 4.69. The summed E-state index contributed by atoms with van der Waals surface area (Å²) in [6.45, 7) is 3.28. The van der Waals surface area contributed by atoms with Crippen molar-refractivity contribution in [1.82, 2.24) is 10.2 Å². The molecule has 1 aromatic carbocycles. The van der Waals surface area contributed by atoms with Gasteiger partial charge in [0, 0.05) is 32.1 Å². The van der Waals surface area contributed by atoms with Crippen molar-refractivity contribution in [3.63, 3.8) is 0 Å². The van der Waals surface area contributed by atoms with Crippen molar-refractivity contribution in [2.45, 2.75) is 12.3 Å². The first-order valence-corrected chi connectivity index (χ1v) is 6.51. The highest BCUT2D eigenvalue weighted by Crippen LogP contribution is 2.49. The van der Waals surface area contributed by atoms with Crippen LogP contribution in [0.25, 0.3) is 0 Å². The van der Waals surface area contributed by atoms with E-state index in [4.69, 9.17) is 0 Å². The van der Waals surface area contributed by atoms with E-state index in [0.29, 0.717) is 5.56 Å². The van der Waals surface area contributed by atoms with Crippen molar-refractivity contribution in [2.75, 3.05) is 26.2 Å². The van der Waals surface area contributed by atoms with Gasteiger partial charge < -0.3 is 10.2 Å². The summed E-state index contributed by atoms with van der Waals surface area (Å²) >= 11 is 0. The minimum atomic E-state index is -0.182. The van der Waals surface area contributed by atoms with Gasteiger partial charge in [0.15, 0.2) is 0 Å². The summed E-state index contributed by atoms with van der Waals surface area (Å²) in [5, 5.41) is 3.23. The Hall–Kier alpha value is -1.42. The average Bonchev–Trinajstić information content (AvgIpc) is 3.20. The Morgan fingerprint density at radius 2 is 2.00 bits per heavy atom. The van der Waals surface area contributed by atoms with Crippen molar-refractivity contribution in [3.05, 3.63) is 35.6 Å². The molecule has 0 radical (unpaired) electrons. The van der Waals surface area contributed by atoms with E-state index in [1.807, 2.05) is 11.0 Å². The maximum Gasteiger partial charge on any atom is 0.226 e. The summed E-state index contributed by atoms with van der Waals surface area (Å²) in [5.41, 5.74) is 0.700. The Labute approximate surface area is 106 Å². The molecule has 0 unspecified atom stereocenters. The molecule has 1 aromatic rings. The number of hydrogen-bond acceptors (Lipinski definition) is 2. The van der Waals surface area contributed by atoms with E-state index in [0.717, 1.165) is 32.6 Å². The van der Waals surface area contributed by atoms with Crippen molar-refractivity contribution in [1.29, 1.82) is 0 Å². The van der Waals surface area contributed by atoms with Crippen LogP contribution in [-0.2, 0) is 4.79 Å². The standard InChI is InChI=1S/C14H17FN2O/c15-13-4-2-1-3-10(13)11-9-12(11)14(18)17-7-5-16-6-8-17/h1-4,11-12,16H,5-9H2/t11-,12-/m1/s1. The van der Waals surface area contributed by atoms with Crippen LogP contribution in [0.2, 0.25) is 0 Å². The molecular weight excluding hydrogens is 231 g/mol. The number of halogens is 1. The van der Waals surface area contributed by atoms with E-state index in [2.05, 4.69) is 5.32 Å². The third kappa shape index (κ3) is 2.12. The lowest BCUT2D eigenvalue weighted by Crippen LogP contribution is -2.47. The van der Waals surface area contributed by atoms with Crippen LogP contribution in [0.15, 0.2) is 24.3 Å². The zero-order chi connectivity index (χ0) is 12.5. The molecule has 18 heavy (non-hydrogen) atoms. The van der Waals surface area contributed by atoms with E-state index in [9.17, 15) is 9.18 Å². The molecule has 3 rings (SSSR count). The van der Waals surface area contributed by atoms with Crippen LogP contribution in [0.4, 0.5) is 4.39 Å². The van der Waals surface area contributed by atoms with E-state index >= 15 is 0 Å². The summed E-state index contributed by atoms with van der Waals surface area (Å²) in [6.07, 6.45) is 0.795. The number of piperazine rings is 1. The smallest absolute Gasteiger partial charge is 0.226 e. The van der Waals surface area contributed by atoms with Gasteiger partial charge in [-0.1, -0.05) is 18.2 Å². The number of rotatable bonds is 2. The first-order chi connectivity index (χ1) is 8.77. The third-order valence-corrected chi connectivity index (χ3v) is 3.84. The number of hydrogen-bond donors (Lipinski definition) is 1.